The second-order valence-corrected chi connectivity index (χ2v) is 6.74. The Hall–Kier alpha value is -0.920. The van der Waals surface area contributed by atoms with Crippen molar-refractivity contribution in [3.8, 4) is 0 Å². The highest BCUT2D eigenvalue weighted by molar-refractivity contribution is 9.10. The van der Waals surface area contributed by atoms with Gasteiger partial charge in [-0.15, -0.1) is 0 Å². The summed E-state index contributed by atoms with van der Waals surface area (Å²) in [5, 5.41) is 7.89. The van der Waals surface area contributed by atoms with Gasteiger partial charge in [0.2, 0.25) is 10.0 Å². The smallest absolute Gasteiger partial charge is 0.251 e. The molecule has 19 heavy (non-hydrogen) atoms. The molecule has 1 aromatic carbocycles. The minimum Gasteiger partial charge on any atom is -0.350 e. The van der Waals surface area contributed by atoms with Gasteiger partial charge in [-0.1, -0.05) is 13.3 Å². The summed E-state index contributed by atoms with van der Waals surface area (Å²) in [5.74, 6) is -0.307. The normalized spacial score (nSPS) is 13.1. The number of halogens is 1. The van der Waals surface area contributed by atoms with Gasteiger partial charge in [0, 0.05) is 16.1 Å². The Morgan fingerprint density at radius 1 is 1.47 bits per heavy atom. The molecule has 1 atom stereocenters. The number of carbonyl (C=O) groups is 1. The van der Waals surface area contributed by atoms with Crippen LogP contribution in [-0.2, 0) is 10.0 Å². The maximum Gasteiger partial charge on any atom is 0.251 e. The molecule has 0 spiro atoms. The zero-order valence-corrected chi connectivity index (χ0v) is 13.2. The fourth-order valence-corrected chi connectivity index (χ4v) is 3.23. The molecule has 106 valence electrons. The van der Waals surface area contributed by atoms with Crippen molar-refractivity contribution in [2.75, 3.05) is 0 Å². The number of benzene rings is 1. The van der Waals surface area contributed by atoms with Crippen LogP contribution in [0.3, 0.4) is 0 Å². The Morgan fingerprint density at radius 2 is 2.11 bits per heavy atom. The first kappa shape index (κ1) is 16.1. The third kappa shape index (κ3) is 4.59. The number of sulfonamides is 1. The molecule has 0 saturated heterocycles. The van der Waals surface area contributed by atoms with Crippen molar-refractivity contribution in [1.29, 1.82) is 0 Å². The van der Waals surface area contributed by atoms with Gasteiger partial charge in [-0.2, -0.15) is 0 Å². The van der Waals surface area contributed by atoms with E-state index < -0.39 is 10.0 Å². The van der Waals surface area contributed by atoms with Crippen molar-refractivity contribution >= 4 is 31.9 Å². The fraction of sp³-hybridized carbons (Fsp3) is 0.417. The van der Waals surface area contributed by atoms with Crippen molar-refractivity contribution in [2.45, 2.75) is 37.6 Å². The maximum absolute atomic E-state index is 12.0. The molecule has 1 rings (SSSR count). The van der Waals surface area contributed by atoms with Crippen molar-refractivity contribution in [1.82, 2.24) is 5.32 Å². The monoisotopic (exact) mass is 348 g/mol. The maximum atomic E-state index is 12.0. The van der Waals surface area contributed by atoms with Crippen LogP contribution in [0.2, 0.25) is 0 Å². The fourth-order valence-electron chi connectivity index (χ4n) is 1.67. The number of amides is 1. The highest BCUT2D eigenvalue weighted by Gasteiger charge is 2.16. The van der Waals surface area contributed by atoms with Gasteiger partial charge in [0.1, 0.15) is 0 Å². The number of carbonyl (C=O) groups excluding carboxylic acids is 1. The van der Waals surface area contributed by atoms with Gasteiger partial charge in [-0.25, -0.2) is 13.6 Å². The van der Waals surface area contributed by atoms with E-state index in [2.05, 4.69) is 21.2 Å². The molecule has 1 amide bonds. The van der Waals surface area contributed by atoms with E-state index in [1.165, 1.54) is 12.1 Å². The quantitative estimate of drug-likeness (QED) is 0.852. The molecule has 5 nitrogen and oxygen atoms in total. The first-order valence-electron chi connectivity index (χ1n) is 5.89. The zero-order chi connectivity index (χ0) is 14.6. The second-order valence-electron chi connectivity index (χ2n) is 4.35. The number of primary sulfonamides is 1. The number of hydrogen-bond donors (Lipinski definition) is 2. The van der Waals surface area contributed by atoms with Gasteiger partial charge < -0.3 is 5.32 Å². The molecule has 0 aliphatic carbocycles. The summed E-state index contributed by atoms with van der Waals surface area (Å²) in [7, 11) is -3.86. The molecule has 0 heterocycles. The summed E-state index contributed by atoms with van der Waals surface area (Å²) in [4.78, 5) is 11.9. The van der Waals surface area contributed by atoms with Gasteiger partial charge in [-0.3, -0.25) is 4.79 Å². The predicted molar refractivity (Wildman–Crippen MR) is 77.4 cm³/mol. The van der Waals surface area contributed by atoms with E-state index in [1.54, 1.807) is 6.07 Å². The molecule has 1 unspecified atom stereocenters. The molecule has 0 radical (unpaired) electrons. The lowest BCUT2D eigenvalue weighted by Gasteiger charge is -2.13. The minimum atomic E-state index is -3.86. The van der Waals surface area contributed by atoms with E-state index in [4.69, 9.17) is 5.14 Å². The van der Waals surface area contributed by atoms with Crippen LogP contribution in [0, 0.1) is 0 Å². The average molecular weight is 349 g/mol. The van der Waals surface area contributed by atoms with Gasteiger partial charge in [0.15, 0.2) is 0 Å². The molecular weight excluding hydrogens is 332 g/mol. The zero-order valence-electron chi connectivity index (χ0n) is 10.8. The Kier molecular flexibility index (Phi) is 5.51. The predicted octanol–water partition coefficient (Wildman–Crippen LogP) is 2.01. The highest BCUT2D eigenvalue weighted by atomic mass is 79.9. The van der Waals surface area contributed by atoms with Crippen LogP contribution in [0.5, 0.6) is 0 Å². The molecule has 0 aliphatic rings. The molecule has 0 aromatic heterocycles. The van der Waals surface area contributed by atoms with E-state index in [1.807, 2.05) is 13.8 Å². The Morgan fingerprint density at radius 3 is 2.63 bits per heavy atom. The van der Waals surface area contributed by atoms with Crippen molar-refractivity contribution in [2.24, 2.45) is 5.14 Å². The topological polar surface area (TPSA) is 89.3 Å². The van der Waals surface area contributed by atoms with Gasteiger partial charge in [-0.05, 0) is 47.5 Å². The second kappa shape index (κ2) is 6.49. The summed E-state index contributed by atoms with van der Waals surface area (Å²) >= 11 is 3.10. The van der Waals surface area contributed by atoms with E-state index in [9.17, 15) is 13.2 Å². The molecular formula is C12H17BrN2O3S. The summed E-state index contributed by atoms with van der Waals surface area (Å²) in [5.41, 5.74) is 0.273. The summed E-state index contributed by atoms with van der Waals surface area (Å²) in [6.45, 7) is 3.93. The number of rotatable bonds is 5. The van der Waals surface area contributed by atoms with Gasteiger partial charge in [0.05, 0.1) is 4.90 Å². The first-order chi connectivity index (χ1) is 8.75. The van der Waals surface area contributed by atoms with E-state index in [0.29, 0.717) is 4.47 Å². The molecule has 7 heteroatoms. The summed E-state index contributed by atoms with van der Waals surface area (Å²) in [6, 6.07) is 4.36. The van der Waals surface area contributed by atoms with Gasteiger partial charge >= 0.3 is 0 Å². The van der Waals surface area contributed by atoms with E-state index in [0.717, 1.165) is 12.8 Å². The number of nitrogens with two attached hydrogens (primary N) is 1. The lowest BCUT2D eigenvalue weighted by atomic mass is 10.1. The summed E-state index contributed by atoms with van der Waals surface area (Å²) < 4.78 is 23.1. The molecule has 3 N–H and O–H groups in total. The van der Waals surface area contributed by atoms with E-state index >= 15 is 0 Å². The van der Waals surface area contributed by atoms with Crippen LogP contribution in [0.1, 0.15) is 37.0 Å². The number of nitrogens with one attached hydrogen (secondary N) is 1. The Balaban J connectivity index is 3.00. The third-order valence-electron chi connectivity index (χ3n) is 2.60. The Labute approximate surface area is 121 Å². The van der Waals surface area contributed by atoms with Crippen molar-refractivity contribution in [3.63, 3.8) is 0 Å². The molecule has 0 bridgehead atoms. The minimum absolute atomic E-state index is 0.0408. The van der Waals surface area contributed by atoms with Crippen molar-refractivity contribution < 1.29 is 13.2 Å². The highest BCUT2D eigenvalue weighted by Crippen LogP contribution is 2.22. The third-order valence-corrected chi connectivity index (χ3v) is 4.50. The standard InChI is InChI=1S/C12H17BrN2O3S/c1-3-4-8(2)15-12(16)9-5-6-10(13)11(7-9)19(14,17)18/h5-8H,3-4H2,1-2H3,(H,15,16)(H2,14,17,18). The lowest BCUT2D eigenvalue weighted by Crippen LogP contribution is -2.32. The van der Waals surface area contributed by atoms with Crippen LogP contribution >= 0.6 is 15.9 Å². The van der Waals surface area contributed by atoms with E-state index in [-0.39, 0.29) is 22.4 Å². The van der Waals surface area contributed by atoms with Crippen LogP contribution in [0.25, 0.3) is 0 Å². The molecule has 1 aromatic rings. The van der Waals surface area contributed by atoms with Crippen molar-refractivity contribution in [3.05, 3.63) is 28.2 Å². The largest absolute Gasteiger partial charge is 0.350 e. The average Bonchev–Trinajstić information content (AvgIpc) is 2.27. The molecule has 0 fully saturated rings. The van der Waals surface area contributed by atoms with Gasteiger partial charge in [0.25, 0.3) is 5.91 Å². The first-order valence-corrected chi connectivity index (χ1v) is 8.22. The van der Waals surface area contributed by atoms with Crippen LogP contribution < -0.4 is 10.5 Å². The van der Waals surface area contributed by atoms with Crippen LogP contribution in [0.4, 0.5) is 0 Å². The van der Waals surface area contributed by atoms with Crippen LogP contribution in [0.15, 0.2) is 27.6 Å². The SMILES string of the molecule is CCCC(C)NC(=O)c1ccc(Br)c(S(N)(=O)=O)c1. The molecule has 0 saturated carbocycles. The summed E-state index contributed by atoms with van der Waals surface area (Å²) in [6.07, 6.45) is 1.83. The lowest BCUT2D eigenvalue weighted by molar-refractivity contribution is 0.0938. The Bertz CT molecular complexity index is 572. The molecule has 0 aliphatic heterocycles. The van der Waals surface area contributed by atoms with Crippen LogP contribution in [-0.4, -0.2) is 20.4 Å². The number of hydrogen-bond acceptors (Lipinski definition) is 3.